The molecule has 1 aromatic carbocycles. The highest BCUT2D eigenvalue weighted by Gasteiger charge is 2.23. The summed E-state index contributed by atoms with van der Waals surface area (Å²) in [6.07, 6.45) is 5.34. The standard InChI is InChI=1S/C18H23N3O3/c1-22-15-6-5-12-3-2-4-14(12)17(15)19-11-16-20-18(24-21-16)13-7-9-23-10-8-13/h5-6,13,19H,2-4,7-11H2,1H3. The maximum Gasteiger partial charge on any atom is 0.229 e. The molecule has 0 unspecified atom stereocenters. The van der Waals surface area contributed by atoms with Gasteiger partial charge in [0.05, 0.1) is 19.3 Å². The number of hydrogen-bond donors (Lipinski definition) is 1. The molecule has 1 fully saturated rings. The average Bonchev–Trinajstić information content (AvgIpc) is 3.29. The summed E-state index contributed by atoms with van der Waals surface area (Å²) in [5.41, 5.74) is 3.85. The second kappa shape index (κ2) is 6.81. The number of aromatic nitrogens is 2. The van der Waals surface area contributed by atoms with Crippen LogP contribution in [0.5, 0.6) is 5.75 Å². The van der Waals surface area contributed by atoms with Gasteiger partial charge in [-0.1, -0.05) is 11.2 Å². The molecule has 1 aliphatic carbocycles. The van der Waals surface area contributed by atoms with Crippen molar-refractivity contribution in [1.82, 2.24) is 10.1 Å². The molecule has 24 heavy (non-hydrogen) atoms. The average molecular weight is 329 g/mol. The van der Waals surface area contributed by atoms with E-state index in [-0.39, 0.29) is 0 Å². The summed E-state index contributed by atoms with van der Waals surface area (Å²) in [6, 6.07) is 4.21. The minimum atomic E-state index is 0.329. The molecule has 1 aliphatic heterocycles. The first-order chi connectivity index (χ1) is 11.8. The fourth-order valence-corrected chi connectivity index (χ4v) is 3.63. The lowest BCUT2D eigenvalue weighted by molar-refractivity contribution is 0.0778. The number of benzene rings is 1. The van der Waals surface area contributed by atoms with Gasteiger partial charge in [0, 0.05) is 19.1 Å². The summed E-state index contributed by atoms with van der Waals surface area (Å²) in [4.78, 5) is 4.56. The Morgan fingerprint density at radius 1 is 1.25 bits per heavy atom. The van der Waals surface area contributed by atoms with Crippen LogP contribution < -0.4 is 10.1 Å². The van der Waals surface area contributed by atoms with Crippen LogP contribution in [-0.4, -0.2) is 30.5 Å². The number of rotatable bonds is 5. The Kier molecular flexibility index (Phi) is 4.38. The van der Waals surface area contributed by atoms with E-state index in [0.717, 1.165) is 56.2 Å². The van der Waals surface area contributed by atoms with Crippen molar-refractivity contribution in [3.05, 3.63) is 35.0 Å². The van der Waals surface area contributed by atoms with Gasteiger partial charge < -0.3 is 19.3 Å². The largest absolute Gasteiger partial charge is 0.495 e. The van der Waals surface area contributed by atoms with Crippen LogP contribution in [0.3, 0.4) is 0 Å². The van der Waals surface area contributed by atoms with Crippen molar-refractivity contribution in [2.75, 3.05) is 25.6 Å². The number of hydrogen-bond acceptors (Lipinski definition) is 6. The Bertz CT molecular complexity index is 708. The molecule has 6 heteroatoms. The molecule has 0 amide bonds. The lowest BCUT2D eigenvalue weighted by Crippen LogP contribution is -2.14. The monoisotopic (exact) mass is 329 g/mol. The Labute approximate surface area is 141 Å². The third kappa shape index (κ3) is 2.98. The zero-order valence-electron chi connectivity index (χ0n) is 14.0. The predicted molar refractivity (Wildman–Crippen MR) is 89.4 cm³/mol. The number of nitrogens with one attached hydrogen (secondary N) is 1. The van der Waals surface area contributed by atoms with Crippen LogP contribution in [0.4, 0.5) is 5.69 Å². The van der Waals surface area contributed by atoms with Gasteiger partial charge in [-0.15, -0.1) is 0 Å². The molecule has 128 valence electrons. The molecule has 1 aromatic heterocycles. The highest BCUT2D eigenvalue weighted by molar-refractivity contribution is 5.65. The minimum absolute atomic E-state index is 0.329. The second-order valence-electron chi connectivity index (χ2n) is 6.42. The molecule has 6 nitrogen and oxygen atoms in total. The molecule has 1 N–H and O–H groups in total. The number of fused-ring (bicyclic) bond motifs is 1. The van der Waals surface area contributed by atoms with E-state index in [0.29, 0.717) is 18.3 Å². The van der Waals surface area contributed by atoms with Gasteiger partial charge in [0.1, 0.15) is 5.75 Å². The van der Waals surface area contributed by atoms with Gasteiger partial charge in [0.25, 0.3) is 0 Å². The van der Waals surface area contributed by atoms with Gasteiger partial charge in [0.15, 0.2) is 5.82 Å². The summed E-state index contributed by atoms with van der Waals surface area (Å²) in [6.45, 7) is 2.08. The van der Waals surface area contributed by atoms with Crippen LogP contribution in [0.1, 0.15) is 48.0 Å². The number of aryl methyl sites for hydroxylation is 1. The normalized spacial score (nSPS) is 17.7. The van der Waals surface area contributed by atoms with Gasteiger partial charge in [-0.25, -0.2) is 0 Å². The van der Waals surface area contributed by atoms with Crippen LogP contribution in [-0.2, 0) is 24.1 Å². The van der Waals surface area contributed by atoms with Crippen molar-refractivity contribution in [2.45, 2.75) is 44.6 Å². The Morgan fingerprint density at radius 3 is 2.96 bits per heavy atom. The molecule has 2 aliphatic rings. The molecule has 0 saturated carbocycles. The highest BCUT2D eigenvalue weighted by atomic mass is 16.5. The van der Waals surface area contributed by atoms with Gasteiger partial charge in [-0.05, 0) is 49.3 Å². The van der Waals surface area contributed by atoms with Crippen molar-refractivity contribution < 1.29 is 14.0 Å². The molecule has 2 heterocycles. The molecule has 0 atom stereocenters. The second-order valence-corrected chi connectivity index (χ2v) is 6.42. The van der Waals surface area contributed by atoms with E-state index in [1.807, 2.05) is 6.07 Å². The van der Waals surface area contributed by atoms with E-state index >= 15 is 0 Å². The molecule has 0 bridgehead atoms. The Morgan fingerprint density at radius 2 is 2.12 bits per heavy atom. The Hall–Kier alpha value is -2.08. The quantitative estimate of drug-likeness (QED) is 0.909. The van der Waals surface area contributed by atoms with Crippen LogP contribution in [0.25, 0.3) is 0 Å². The van der Waals surface area contributed by atoms with Crippen LogP contribution in [0, 0.1) is 0 Å². The minimum Gasteiger partial charge on any atom is -0.495 e. The van der Waals surface area contributed by atoms with E-state index in [1.165, 1.54) is 17.5 Å². The van der Waals surface area contributed by atoms with Crippen molar-refractivity contribution in [1.29, 1.82) is 0 Å². The zero-order chi connectivity index (χ0) is 16.4. The first-order valence-electron chi connectivity index (χ1n) is 8.68. The van der Waals surface area contributed by atoms with Crippen molar-refractivity contribution in [3.8, 4) is 5.75 Å². The number of ether oxygens (including phenoxy) is 2. The highest BCUT2D eigenvalue weighted by Crippen LogP contribution is 2.36. The van der Waals surface area contributed by atoms with E-state index in [4.69, 9.17) is 14.0 Å². The van der Waals surface area contributed by atoms with Crippen molar-refractivity contribution in [2.24, 2.45) is 0 Å². The third-order valence-electron chi connectivity index (χ3n) is 4.94. The Balaban J connectivity index is 1.47. The van der Waals surface area contributed by atoms with Gasteiger partial charge in [-0.3, -0.25) is 0 Å². The van der Waals surface area contributed by atoms with E-state index in [2.05, 4.69) is 21.5 Å². The lowest BCUT2D eigenvalue weighted by Gasteiger charge is -2.18. The fourth-order valence-electron chi connectivity index (χ4n) is 3.63. The molecule has 0 radical (unpaired) electrons. The van der Waals surface area contributed by atoms with Crippen molar-refractivity contribution >= 4 is 5.69 Å². The number of methoxy groups -OCH3 is 1. The topological polar surface area (TPSA) is 69.4 Å². The molecule has 2 aromatic rings. The molecular weight excluding hydrogens is 306 g/mol. The molecule has 4 rings (SSSR count). The first-order valence-corrected chi connectivity index (χ1v) is 8.68. The fraction of sp³-hybridized carbons (Fsp3) is 0.556. The smallest absolute Gasteiger partial charge is 0.229 e. The summed E-state index contributed by atoms with van der Waals surface area (Å²) in [5, 5.41) is 7.59. The van der Waals surface area contributed by atoms with E-state index in [1.54, 1.807) is 7.11 Å². The molecule has 1 saturated heterocycles. The van der Waals surface area contributed by atoms with Gasteiger partial charge in [0.2, 0.25) is 5.89 Å². The van der Waals surface area contributed by atoms with Gasteiger partial charge in [-0.2, -0.15) is 4.98 Å². The van der Waals surface area contributed by atoms with Crippen molar-refractivity contribution in [3.63, 3.8) is 0 Å². The third-order valence-corrected chi connectivity index (χ3v) is 4.94. The lowest BCUT2D eigenvalue weighted by atomic mass is 10.0. The van der Waals surface area contributed by atoms with E-state index in [9.17, 15) is 0 Å². The van der Waals surface area contributed by atoms with Crippen LogP contribution in [0.2, 0.25) is 0 Å². The summed E-state index contributed by atoms with van der Waals surface area (Å²) < 4.78 is 16.4. The van der Waals surface area contributed by atoms with Crippen LogP contribution >= 0.6 is 0 Å². The predicted octanol–water partition coefficient (Wildman–Crippen LogP) is 3.07. The van der Waals surface area contributed by atoms with Gasteiger partial charge >= 0.3 is 0 Å². The molecule has 0 spiro atoms. The van der Waals surface area contributed by atoms with E-state index < -0.39 is 0 Å². The SMILES string of the molecule is COc1ccc2c(c1NCc1noc(C3CCOCC3)n1)CCC2. The maximum absolute atomic E-state index is 5.52. The van der Waals surface area contributed by atoms with Crippen LogP contribution in [0.15, 0.2) is 16.7 Å². The maximum atomic E-state index is 5.52. The molecular formula is C18H23N3O3. The summed E-state index contributed by atoms with van der Waals surface area (Å²) >= 11 is 0. The number of nitrogens with zero attached hydrogens (tertiary/aromatic N) is 2. The zero-order valence-corrected chi connectivity index (χ0v) is 14.0. The number of anilines is 1. The summed E-state index contributed by atoms with van der Waals surface area (Å²) in [5.74, 6) is 2.63. The first kappa shape index (κ1) is 15.4. The summed E-state index contributed by atoms with van der Waals surface area (Å²) in [7, 11) is 1.71.